The molecule has 3 rings (SSSR count). The predicted octanol–water partition coefficient (Wildman–Crippen LogP) is 2.46. The summed E-state index contributed by atoms with van der Waals surface area (Å²) in [5.41, 5.74) is 1.41. The van der Waals surface area contributed by atoms with Crippen LogP contribution >= 0.6 is 11.6 Å². The summed E-state index contributed by atoms with van der Waals surface area (Å²) >= 11 is 6.14. The van der Waals surface area contributed by atoms with Gasteiger partial charge in [0.25, 0.3) is 0 Å². The van der Waals surface area contributed by atoms with E-state index < -0.39 is 6.04 Å². The molecule has 2 amide bonds. The third-order valence-electron chi connectivity index (χ3n) is 4.22. The Balaban J connectivity index is 1.85. The van der Waals surface area contributed by atoms with E-state index in [-0.39, 0.29) is 18.4 Å². The number of piperazine rings is 1. The lowest BCUT2D eigenvalue weighted by molar-refractivity contribution is -0.128. The average molecular weight is 374 g/mol. The van der Waals surface area contributed by atoms with Gasteiger partial charge < -0.3 is 15.4 Å². The Hall–Kier alpha value is -2.57. The molecule has 0 unspecified atom stereocenters. The molecule has 0 bridgehead atoms. The Morgan fingerprint density at radius 1 is 1.27 bits per heavy atom. The maximum absolute atomic E-state index is 13.0. The van der Waals surface area contributed by atoms with Gasteiger partial charge in [-0.1, -0.05) is 41.9 Å². The van der Waals surface area contributed by atoms with Crippen molar-refractivity contribution < 1.29 is 14.3 Å². The first kappa shape index (κ1) is 18.2. The van der Waals surface area contributed by atoms with Crippen LogP contribution < -0.4 is 15.4 Å². The highest BCUT2D eigenvalue weighted by Crippen LogP contribution is 2.29. The number of hydrogen-bond acceptors (Lipinski definition) is 4. The first-order valence-corrected chi connectivity index (χ1v) is 8.66. The van der Waals surface area contributed by atoms with E-state index in [9.17, 15) is 9.59 Å². The van der Waals surface area contributed by atoms with Crippen LogP contribution in [0.1, 0.15) is 11.6 Å². The highest BCUT2D eigenvalue weighted by atomic mass is 35.5. The van der Waals surface area contributed by atoms with Gasteiger partial charge in [-0.05, 0) is 23.8 Å². The molecule has 0 aromatic heterocycles. The van der Waals surface area contributed by atoms with Gasteiger partial charge in [0.05, 0.1) is 18.7 Å². The number of halogens is 1. The molecule has 1 fully saturated rings. The van der Waals surface area contributed by atoms with E-state index in [0.29, 0.717) is 29.5 Å². The molecule has 1 saturated heterocycles. The van der Waals surface area contributed by atoms with E-state index in [4.69, 9.17) is 16.3 Å². The molecule has 0 aliphatic carbocycles. The zero-order valence-electron chi connectivity index (χ0n) is 14.4. The van der Waals surface area contributed by atoms with Crippen LogP contribution in [0.3, 0.4) is 0 Å². The van der Waals surface area contributed by atoms with E-state index in [1.54, 1.807) is 18.2 Å². The van der Waals surface area contributed by atoms with Gasteiger partial charge in [0.15, 0.2) is 0 Å². The SMILES string of the molecule is COc1ccc(NC(=O)[C@@H](c2ccccc2)N2CCNC(=O)C2)cc1Cl. The minimum Gasteiger partial charge on any atom is -0.495 e. The van der Waals surface area contributed by atoms with Crippen molar-refractivity contribution in [1.29, 1.82) is 0 Å². The lowest BCUT2D eigenvalue weighted by Crippen LogP contribution is -2.51. The molecular weight excluding hydrogens is 354 g/mol. The lowest BCUT2D eigenvalue weighted by Gasteiger charge is -2.33. The Kier molecular flexibility index (Phi) is 5.75. The number of nitrogens with one attached hydrogen (secondary N) is 2. The van der Waals surface area contributed by atoms with Gasteiger partial charge in [0, 0.05) is 18.8 Å². The van der Waals surface area contributed by atoms with Crippen molar-refractivity contribution in [1.82, 2.24) is 10.2 Å². The third-order valence-corrected chi connectivity index (χ3v) is 4.51. The van der Waals surface area contributed by atoms with Crippen LogP contribution in [0.25, 0.3) is 0 Å². The molecule has 6 nitrogen and oxygen atoms in total. The van der Waals surface area contributed by atoms with Gasteiger partial charge in [-0.3, -0.25) is 14.5 Å². The molecule has 1 aliphatic rings. The smallest absolute Gasteiger partial charge is 0.246 e. The summed E-state index contributed by atoms with van der Waals surface area (Å²) in [6, 6.07) is 13.9. The minimum atomic E-state index is -0.567. The van der Waals surface area contributed by atoms with E-state index in [0.717, 1.165) is 5.56 Å². The molecule has 136 valence electrons. The number of carbonyl (C=O) groups is 2. The van der Waals surface area contributed by atoms with Gasteiger partial charge in [-0.25, -0.2) is 0 Å². The normalized spacial score (nSPS) is 15.8. The number of anilines is 1. The Morgan fingerprint density at radius 2 is 2.04 bits per heavy atom. The second kappa shape index (κ2) is 8.21. The van der Waals surface area contributed by atoms with Crippen LogP contribution in [0.4, 0.5) is 5.69 Å². The van der Waals surface area contributed by atoms with E-state index in [1.807, 2.05) is 35.2 Å². The second-order valence-corrected chi connectivity index (χ2v) is 6.38. The summed E-state index contributed by atoms with van der Waals surface area (Å²) in [4.78, 5) is 26.7. The van der Waals surface area contributed by atoms with E-state index >= 15 is 0 Å². The molecule has 1 aliphatic heterocycles. The monoisotopic (exact) mass is 373 g/mol. The van der Waals surface area contributed by atoms with Crippen molar-refractivity contribution in [3.63, 3.8) is 0 Å². The van der Waals surface area contributed by atoms with E-state index in [2.05, 4.69) is 10.6 Å². The van der Waals surface area contributed by atoms with E-state index in [1.165, 1.54) is 7.11 Å². The van der Waals surface area contributed by atoms with Crippen molar-refractivity contribution in [2.45, 2.75) is 6.04 Å². The first-order chi connectivity index (χ1) is 12.6. The summed E-state index contributed by atoms with van der Waals surface area (Å²) in [5.74, 6) is 0.238. The summed E-state index contributed by atoms with van der Waals surface area (Å²) in [6.45, 7) is 1.29. The van der Waals surface area contributed by atoms with Crippen molar-refractivity contribution >= 4 is 29.1 Å². The fraction of sp³-hybridized carbons (Fsp3) is 0.263. The van der Waals surface area contributed by atoms with Gasteiger partial charge in [0.2, 0.25) is 11.8 Å². The fourth-order valence-electron chi connectivity index (χ4n) is 3.00. The Labute approximate surface area is 157 Å². The van der Waals surface area contributed by atoms with Crippen LogP contribution in [0, 0.1) is 0 Å². The summed E-state index contributed by atoms with van der Waals surface area (Å²) < 4.78 is 5.13. The largest absolute Gasteiger partial charge is 0.495 e. The molecular formula is C19H20ClN3O3. The maximum Gasteiger partial charge on any atom is 0.246 e. The van der Waals surface area contributed by atoms with Crippen molar-refractivity contribution in [2.75, 3.05) is 32.1 Å². The number of hydrogen-bond donors (Lipinski definition) is 2. The van der Waals surface area contributed by atoms with Crippen LogP contribution in [0.2, 0.25) is 5.02 Å². The van der Waals surface area contributed by atoms with Gasteiger partial charge in [0.1, 0.15) is 11.8 Å². The summed E-state index contributed by atoms with van der Waals surface area (Å²) in [6.07, 6.45) is 0. The van der Waals surface area contributed by atoms with Gasteiger partial charge in [-0.15, -0.1) is 0 Å². The number of ether oxygens (including phenoxy) is 1. The molecule has 2 N–H and O–H groups in total. The molecule has 1 heterocycles. The molecule has 1 atom stereocenters. The summed E-state index contributed by atoms with van der Waals surface area (Å²) in [5, 5.41) is 6.09. The highest BCUT2D eigenvalue weighted by Gasteiger charge is 2.31. The quantitative estimate of drug-likeness (QED) is 0.844. The maximum atomic E-state index is 13.0. The molecule has 26 heavy (non-hydrogen) atoms. The first-order valence-electron chi connectivity index (χ1n) is 8.28. The molecule has 2 aromatic rings. The lowest BCUT2D eigenvalue weighted by atomic mass is 10.0. The second-order valence-electron chi connectivity index (χ2n) is 5.97. The topological polar surface area (TPSA) is 70.7 Å². The Bertz CT molecular complexity index is 798. The van der Waals surface area contributed by atoms with Gasteiger partial charge >= 0.3 is 0 Å². The van der Waals surface area contributed by atoms with Crippen molar-refractivity contribution in [3.05, 3.63) is 59.1 Å². The fourth-order valence-corrected chi connectivity index (χ4v) is 3.25. The number of amides is 2. The standard InChI is InChI=1S/C19H20ClN3O3/c1-26-16-8-7-14(11-15(16)20)22-19(25)18(13-5-3-2-4-6-13)23-10-9-21-17(24)12-23/h2-8,11,18H,9-10,12H2,1H3,(H,21,24)(H,22,25)/t18-/m1/s1. The number of methoxy groups -OCH3 is 1. The zero-order chi connectivity index (χ0) is 18.5. The number of nitrogens with zero attached hydrogens (tertiary/aromatic N) is 1. The Morgan fingerprint density at radius 3 is 2.69 bits per heavy atom. The minimum absolute atomic E-state index is 0.0857. The van der Waals surface area contributed by atoms with Crippen LogP contribution in [-0.2, 0) is 9.59 Å². The van der Waals surface area contributed by atoms with Crippen molar-refractivity contribution in [3.8, 4) is 5.75 Å². The van der Waals surface area contributed by atoms with Crippen molar-refractivity contribution in [2.24, 2.45) is 0 Å². The van der Waals surface area contributed by atoms with Crippen LogP contribution in [0.15, 0.2) is 48.5 Å². The predicted molar refractivity (Wildman–Crippen MR) is 100 cm³/mol. The number of benzene rings is 2. The van der Waals surface area contributed by atoms with Gasteiger partial charge in [-0.2, -0.15) is 0 Å². The molecule has 0 saturated carbocycles. The zero-order valence-corrected chi connectivity index (χ0v) is 15.1. The average Bonchev–Trinajstić information content (AvgIpc) is 2.63. The molecule has 7 heteroatoms. The van der Waals surface area contributed by atoms with Crippen LogP contribution in [0.5, 0.6) is 5.75 Å². The summed E-state index contributed by atoms with van der Waals surface area (Å²) in [7, 11) is 1.53. The molecule has 0 spiro atoms. The molecule has 2 aromatic carbocycles. The molecule has 0 radical (unpaired) electrons. The third kappa shape index (κ3) is 4.15. The highest BCUT2D eigenvalue weighted by molar-refractivity contribution is 6.32. The number of carbonyl (C=O) groups excluding carboxylic acids is 2. The number of rotatable bonds is 5. The van der Waals surface area contributed by atoms with Crippen LogP contribution in [-0.4, -0.2) is 43.5 Å².